The zero-order valence-electron chi connectivity index (χ0n) is 19.3. The Morgan fingerprint density at radius 2 is 1.77 bits per heavy atom. The molecule has 1 N–H and O–H groups in total. The number of benzene rings is 3. The van der Waals surface area contributed by atoms with Crippen molar-refractivity contribution in [1.82, 2.24) is 4.90 Å². The van der Waals surface area contributed by atoms with Gasteiger partial charge in [0.2, 0.25) is 0 Å². The molecule has 3 amide bonds. The van der Waals surface area contributed by atoms with Gasteiger partial charge in [-0.05, 0) is 54.1 Å². The molecule has 1 fully saturated rings. The smallest absolute Gasteiger partial charge is 0.323 e. The molecule has 2 heterocycles. The monoisotopic (exact) mass is 509 g/mol. The Morgan fingerprint density at radius 1 is 1.06 bits per heavy atom. The third-order valence-corrected chi connectivity index (χ3v) is 8.06. The highest BCUT2D eigenvalue weighted by molar-refractivity contribution is 8.01. The number of urea groups is 1. The molecule has 0 aromatic heterocycles. The first-order chi connectivity index (χ1) is 17.0. The summed E-state index contributed by atoms with van der Waals surface area (Å²) in [6.45, 7) is 0.725. The van der Waals surface area contributed by atoms with Crippen LogP contribution in [0.5, 0.6) is 11.5 Å². The molecule has 0 aliphatic carbocycles. The van der Waals surface area contributed by atoms with Gasteiger partial charge in [0.05, 0.1) is 26.5 Å². The number of halogens is 1. The highest BCUT2D eigenvalue weighted by Gasteiger charge is 2.59. The fourth-order valence-corrected chi connectivity index (χ4v) is 6.19. The van der Waals surface area contributed by atoms with E-state index in [1.165, 1.54) is 11.8 Å². The van der Waals surface area contributed by atoms with Crippen molar-refractivity contribution in [3.05, 3.63) is 82.9 Å². The van der Waals surface area contributed by atoms with Gasteiger partial charge in [-0.2, -0.15) is 0 Å². The molecule has 1 spiro atoms. The third kappa shape index (κ3) is 3.96. The predicted molar refractivity (Wildman–Crippen MR) is 138 cm³/mol. The highest BCUT2D eigenvalue weighted by Crippen LogP contribution is 2.55. The van der Waals surface area contributed by atoms with Crippen LogP contribution in [0.4, 0.5) is 16.2 Å². The summed E-state index contributed by atoms with van der Waals surface area (Å²) in [4.78, 5) is 29.8. The van der Waals surface area contributed by atoms with Gasteiger partial charge in [0.15, 0.2) is 4.87 Å². The van der Waals surface area contributed by atoms with Gasteiger partial charge in [0.25, 0.3) is 5.91 Å². The average molecular weight is 510 g/mol. The van der Waals surface area contributed by atoms with Crippen LogP contribution >= 0.6 is 23.4 Å². The van der Waals surface area contributed by atoms with Gasteiger partial charge in [0.1, 0.15) is 11.5 Å². The Balaban J connectivity index is 1.53. The number of hydrogen-bond acceptors (Lipinski definition) is 5. The Labute approximate surface area is 212 Å². The number of methoxy groups -OCH3 is 2. The number of amides is 3. The lowest BCUT2D eigenvalue weighted by molar-refractivity contribution is -0.123. The Morgan fingerprint density at radius 3 is 2.49 bits per heavy atom. The molecule has 1 unspecified atom stereocenters. The molecule has 0 bridgehead atoms. The van der Waals surface area contributed by atoms with Crippen molar-refractivity contribution in [3.63, 3.8) is 0 Å². The van der Waals surface area contributed by atoms with Crippen LogP contribution in [0, 0.1) is 0 Å². The topological polar surface area (TPSA) is 71.1 Å². The lowest BCUT2D eigenvalue weighted by atomic mass is 10.1. The van der Waals surface area contributed by atoms with Crippen molar-refractivity contribution >= 4 is 46.7 Å². The highest BCUT2D eigenvalue weighted by atomic mass is 35.5. The standard InChI is InChI=1S/C26H24ClN3O4S/c1-33-19-9-7-18(8-10-19)28-25(32)30-13-14-35-26(30)21-15-20(34-2)11-12-23(21)29(24(26)31)16-17-5-3-4-6-22(17)27/h3-12,15H,13-14,16H2,1-2H3,(H,28,32). The summed E-state index contributed by atoms with van der Waals surface area (Å²) in [7, 11) is 3.17. The minimum atomic E-state index is -1.19. The Hall–Kier alpha value is -3.36. The molecule has 0 saturated carbocycles. The molecular formula is C26H24ClN3O4S. The number of anilines is 2. The number of ether oxygens (including phenoxy) is 2. The second-order valence-electron chi connectivity index (χ2n) is 8.17. The molecule has 1 saturated heterocycles. The molecule has 7 nitrogen and oxygen atoms in total. The first-order valence-electron chi connectivity index (χ1n) is 11.1. The summed E-state index contributed by atoms with van der Waals surface area (Å²) in [6, 6.07) is 19.7. The number of thioether (sulfide) groups is 1. The van der Waals surface area contributed by atoms with Gasteiger partial charge in [-0.1, -0.05) is 29.8 Å². The van der Waals surface area contributed by atoms with Crippen LogP contribution in [-0.4, -0.2) is 43.4 Å². The second kappa shape index (κ2) is 9.36. The number of carbonyl (C=O) groups excluding carboxylic acids is 2. The van der Waals surface area contributed by atoms with E-state index in [9.17, 15) is 9.59 Å². The molecule has 0 radical (unpaired) electrons. The lowest BCUT2D eigenvalue weighted by Crippen LogP contribution is -2.51. The number of rotatable bonds is 5. The second-order valence-corrected chi connectivity index (χ2v) is 9.86. The van der Waals surface area contributed by atoms with E-state index < -0.39 is 4.87 Å². The fourth-order valence-electron chi connectivity index (χ4n) is 4.54. The first-order valence-corrected chi connectivity index (χ1v) is 12.4. The minimum absolute atomic E-state index is 0.173. The van der Waals surface area contributed by atoms with Crippen LogP contribution in [0.2, 0.25) is 5.02 Å². The van der Waals surface area contributed by atoms with Crippen LogP contribution in [0.1, 0.15) is 11.1 Å². The van der Waals surface area contributed by atoms with Gasteiger partial charge < -0.3 is 19.7 Å². The molecule has 2 aliphatic heterocycles. The normalized spacial score (nSPS) is 18.7. The van der Waals surface area contributed by atoms with Gasteiger partial charge in [-0.25, -0.2) is 4.79 Å². The number of fused-ring (bicyclic) bond motifs is 2. The molecule has 1 atom stereocenters. The minimum Gasteiger partial charge on any atom is -0.497 e. The average Bonchev–Trinajstić information content (AvgIpc) is 3.42. The molecule has 35 heavy (non-hydrogen) atoms. The molecule has 180 valence electrons. The zero-order chi connectivity index (χ0) is 24.6. The zero-order valence-corrected chi connectivity index (χ0v) is 20.9. The van der Waals surface area contributed by atoms with Gasteiger partial charge in [-0.15, -0.1) is 11.8 Å². The van der Waals surface area contributed by atoms with E-state index in [1.807, 2.05) is 36.4 Å². The summed E-state index contributed by atoms with van der Waals surface area (Å²) in [5.41, 5.74) is 2.93. The number of nitrogens with one attached hydrogen (secondary N) is 1. The number of nitrogens with zero attached hydrogens (tertiary/aromatic N) is 2. The number of hydrogen-bond donors (Lipinski definition) is 1. The Kier molecular flexibility index (Phi) is 6.25. The molecule has 3 aromatic rings. The third-order valence-electron chi connectivity index (χ3n) is 6.27. The first kappa shape index (κ1) is 23.4. The van der Waals surface area contributed by atoms with Crippen molar-refractivity contribution in [2.45, 2.75) is 11.4 Å². The lowest BCUT2D eigenvalue weighted by Gasteiger charge is -2.33. The van der Waals surface area contributed by atoms with Crippen LogP contribution in [0.25, 0.3) is 0 Å². The molecule has 9 heteroatoms. The summed E-state index contributed by atoms with van der Waals surface area (Å²) >= 11 is 7.88. The maximum Gasteiger partial charge on any atom is 0.323 e. The van der Waals surface area contributed by atoms with E-state index in [1.54, 1.807) is 54.4 Å². The summed E-state index contributed by atoms with van der Waals surface area (Å²) in [5.74, 6) is 1.77. The van der Waals surface area contributed by atoms with Crippen molar-refractivity contribution in [3.8, 4) is 11.5 Å². The van der Waals surface area contributed by atoms with Crippen LogP contribution in [-0.2, 0) is 16.2 Å². The van der Waals surface area contributed by atoms with Crippen molar-refractivity contribution in [2.24, 2.45) is 0 Å². The van der Waals surface area contributed by atoms with E-state index in [0.29, 0.717) is 41.1 Å². The molecular weight excluding hydrogens is 486 g/mol. The van der Waals surface area contributed by atoms with Crippen LogP contribution in [0.15, 0.2) is 66.7 Å². The maximum atomic E-state index is 14.1. The van der Waals surface area contributed by atoms with Crippen molar-refractivity contribution in [2.75, 3.05) is 36.7 Å². The summed E-state index contributed by atoms with van der Waals surface area (Å²) in [5, 5.41) is 3.52. The van der Waals surface area contributed by atoms with E-state index in [0.717, 1.165) is 16.8 Å². The quantitative estimate of drug-likeness (QED) is 0.503. The van der Waals surface area contributed by atoms with Crippen LogP contribution < -0.4 is 19.7 Å². The van der Waals surface area contributed by atoms with E-state index in [-0.39, 0.29) is 11.9 Å². The number of carbonyl (C=O) groups is 2. The SMILES string of the molecule is COc1ccc(NC(=O)N2CCSC23C(=O)N(Cc2ccccc2Cl)c2ccc(OC)cc23)cc1. The molecule has 5 rings (SSSR count). The van der Waals surface area contributed by atoms with Gasteiger partial charge in [0, 0.05) is 28.6 Å². The maximum absolute atomic E-state index is 14.1. The summed E-state index contributed by atoms with van der Waals surface area (Å²) < 4.78 is 10.7. The van der Waals surface area contributed by atoms with Crippen molar-refractivity contribution < 1.29 is 19.1 Å². The molecule has 3 aromatic carbocycles. The van der Waals surface area contributed by atoms with E-state index >= 15 is 0 Å². The van der Waals surface area contributed by atoms with E-state index in [4.69, 9.17) is 21.1 Å². The fraction of sp³-hybridized carbons (Fsp3) is 0.231. The molecule has 2 aliphatic rings. The largest absolute Gasteiger partial charge is 0.497 e. The Bertz CT molecular complexity index is 1290. The predicted octanol–water partition coefficient (Wildman–Crippen LogP) is 5.34. The van der Waals surface area contributed by atoms with Gasteiger partial charge >= 0.3 is 6.03 Å². The van der Waals surface area contributed by atoms with Crippen molar-refractivity contribution in [1.29, 1.82) is 0 Å². The van der Waals surface area contributed by atoms with Gasteiger partial charge in [-0.3, -0.25) is 9.69 Å². The van der Waals surface area contributed by atoms with Crippen LogP contribution in [0.3, 0.4) is 0 Å². The van der Waals surface area contributed by atoms with E-state index in [2.05, 4.69) is 5.32 Å². The summed E-state index contributed by atoms with van der Waals surface area (Å²) in [6.07, 6.45) is 0.